The van der Waals surface area contributed by atoms with Crippen molar-refractivity contribution in [3.63, 3.8) is 0 Å². The fourth-order valence-electron chi connectivity index (χ4n) is 2.68. The minimum Gasteiger partial charge on any atom is -0.299 e. The molecule has 0 saturated carbocycles. The standard InChI is InChI=1S/C18H20O/c1-13-8-7-9-14(2)18(13)17(15(3)19)12-16-10-5-4-6-11-16/h4-11,17H,12H2,1-3H3. The van der Waals surface area contributed by atoms with Crippen LogP contribution in [0.5, 0.6) is 0 Å². The number of rotatable bonds is 4. The molecular weight excluding hydrogens is 232 g/mol. The van der Waals surface area contributed by atoms with Gasteiger partial charge < -0.3 is 0 Å². The Morgan fingerprint density at radius 2 is 1.53 bits per heavy atom. The van der Waals surface area contributed by atoms with E-state index in [4.69, 9.17) is 0 Å². The van der Waals surface area contributed by atoms with Crippen LogP contribution in [0.2, 0.25) is 0 Å². The molecule has 0 heterocycles. The Balaban J connectivity index is 2.39. The molecule has 1 heteroatoms. The molecule has 2 rings (SSSR count). The van der Waals surface area contributed by atoms with Crippen LogP contribution in [0.4, 0.5) is 0 Å². The highest BCUT2D eigenvalue weighted by Gasteiger charge is 2.20. The van der Waals surface area contributed by atoms with E-state index in [1.54, 1.807) is 6.92 Å². The first-order valence-corrected chi connectivity index (χ1v) is 6.70. The molecule has 0 spiro atoms. The lowest BCUT2D eigenvalue weighted by Crippen LogP contribution is -2.14. The molecule has 0 bridgehead atoms. The topological polar surface area (TPSA) is 17.1 Å². The van der Waals surface area contributed by atoms with E-state index >= 15 is 0 Å². The van der Waals surface area contributed by atoms with E-state index in [0.717, 1.165) is 6.42 Å². The first-order chi connectivity index (χ1) is 9.09. The minimum atomic E-state index is -0.0383. The number of hydrogen-bond donors (Lipinski definition) is 0. The van der Waals surface area contributed by atoms with Crippen LogP contribution in [0.3, 0.4) is 0 Å². The third kappa shape index (κ3) is 3.11. The zero-order valence-electron chi connectivity index (χ0n) is 11.8. The summed E-state index contributed by atoms with van der Waals surface area (Å²) in [7, 11) is 0. The zero-order valence-corrected chi connectivity index (χ0v) is 11.8. The van der Waals surface area contributed by atoms with Gasteiger partial charge in [-0.25, -0.2) is 0 Å². The van der Waals surface area contributed by atoms with Crippen LogP contribution < -0.4 is 0 Å². The molecule has 0 fully saturated rings. The largest absolute Gasteiger partial charge is 0.299 e. The Kier molecular flexibility index (Phi) is 4.16. The van der Waals surface area contributed by atoms with Crippen LogP contribution in [-0.4, -0.2) is 5.78 Å². The Bertz CT molecular complexity index is 549. The number of aryl methyl sites for hydroxylation is 2. The van der Waals surface area contributed by atoms with Gasteiger partial charge in [-0.05, 0) is 49.4 Å². The van der Waals surface area contributed by atoms with Crippen LogP contribution in [0, 0.1) is 13.8 Å². The van der Waals surface area contributed by atoms with Gasteiger partial charge in [0.05, 0.1) is 0 Å². The lowest BCUT2D eigenvalue weighted by molar-refractivity contribution is -0.118. The number of carbonyl (C=O) groups is 1. The second kappa shape index (κ2) is 5.83. The van der Waals surface area contributed by atoms with Crippen molar-refractivity contribution < 1.29 is 4.79 Å². The molecule has 2 aromatic rings. The van der Waals surface area contributed by atoms with E-state index in [2.05, 4.69) is 38.1 Å². The fourth-order valence-corrected chi connectivity index (χ4v) is 2.68. The molecule has 19 heavy (non-hydrogen) atoms. The molecule has 0 aliphatic rings. The van der Waals surface area contributed by atoms with Gasteiger partial charge in [0, 0.05) is 5.92 Å². The summed E-state index contributed by atoms with van der Waals surface area (Å²) >= 11 is 0. The molecular formula is C18H20O. The van der Waals surface area contributed by atoms with Crippen molar-refractivity contribution in [2.24, 2.45) is 0 Å². The molecule has 1 atom stereocenters. The lowest BCUT2D eigenvalue weighted by atomic mass is 9.84. The van der Waals surface area contributed by atoms with E-state index in [-0.39, 0.29) is 11.7 Å². The molecule has 1 unspecified atom stereocenters. The van der Waals surface area contributed by atoms with Crippen LogP contribution in [0.25, 0.3) is 0 Å². The Labute approximate surface area is 115 Å². The monoisotopic (exact) mass is 252 g/mol. The quantitative estimate of drug-likeness (QED) is 0.796. The van der Waals surface area contributed by atoms with Crippen molar-refractivity contribution in [2.45, 2.75) is 33.1 Å². The second-order valence-electron chi connectivity index (χ2n) is 5.16. The molecule has 0 N–H and O–H groups in total. The Morgan fingerprint density at radius 3 is 2.05 bits per heavy atom. The van der Waals surface area contributed by atoms with Gasteiger partial charge in [-0.1, -0.05) is 48.5 Å². The van der Waals surface area contributed by atoms with Crippen molar-refractivity contribution >= 4 is 5.78 Å². The van der Waals surface area contributed by atoms with Gasteiger partial charge in [-0.2, -0.15) is 0 Å². The van der Waals surface area contributed by atoms with E-state index < -0.39 is 0 Å². The summed E-state index contributed by atoms with van der Waals surface area (Å²) in [5.74, 6) is 0.199. The molecule has 0 aliphatic heterocycles. The Hall–Kier alpha value is -1.89. The summed E-state index contributed by atoms with van der Waals surface area (Å²) < 4.78 is 0. The lowest BCUT2D eigenvalue weighted by Gasteiger charge is -2.19. The average Bonchev–Trinajstić information content (AvgIpc) is 2.38. The van der Waals surface area contributed by atoms with Gasteiger partial charge in [0.1, 0.15) is 5.78 Å². The smallest absolute Gasteiger partial charge is 0.137 e. The second-order valence-corrected chi connectivity index (χ2v) is 5.16. The fraction of sp³-hybridized carbons (Fsp3) is 0.278. The molecule has 0 saturated heterocycles. The van der Waals surface area contributed by atoms with Crippen molar-refractivity contribution in [1.82, 2.24) is 0 Å². The molecule has 0 radical (unpaired) electrons. The van der Waals surface area contributed by atoms with Gasteiger partial charge in [0.2, 0.25) is 0 Å². The van der Waals surface area contributed by atoms with E-state index in [9.17, 15) is 4.79 Å². The SMILES string of the molecule is CC(=O)C(Cc1ccccc1)c1c(C)cccc1C. The number of Topliss-reactive ketones (excluding diaryl/α,β-unsaturated/α-hetero) is 1. The van der Waals surface area contributed by atoms with Crippen molar-refractivity contribution in [2.75, 3.05) is 0 Å². The normalized spacial score (nSPS) is 12.2. The summed E-state index contributed by atoms with van der Waals surface area (Å²) in [6.07, 6.45) is 0.780. The highest BCUT2D eigenvalue weighted by atomic mass is 16.1. The van der Waals surface area contributed by atoms with Gasteiger partial charge in [0.25, 0.3) is 0 Å². The maximum absolute atomic E-state index is 12.1. The first kappa shape index (κ1) is 13.5. The number of hydrogen-bond acceptors (Lipinski definition) is 1. The summed E-state index contributed by atoms with van der Waals surface area (Å²) in [6, 6.07) is 16.5. The summed E-state index contributed by atoms with van der Waals surface area (Å²) in [6.45, 7) is 5.87. The molecule has 2 aromatic carbocycles. The van der Waals surface area contributed by atoms with Gasteiger partial charge >= 0.3 is 0 Å². The van der Waals surface area contributed by atoms with Crippen LogP contribution in [-0.2, 0) is 11.2 Å². The van der Waals surface area contributed by atoms with Crippen LogP contribution >= 0.6 is 0 Å². The highest BCUT2D eigenvalue weighted by Crippen LogP contribution is 2.27. The van der Waals surface area contributed by atoms with Gasteiger partial charge in [-0.15, -0.1) is 0 Å². The average molecular weight is 252 g/mol. The van der Waals surface area contributed by atoms with E-state index in [1.165, 1.54) is 22.3 Å². The number of carbonyl (C=O) groups excluding carboxylic acids is 1. The minimum absolute atomic E-state index is 0.0383. The van der Waals surface area contributed by atoms with Crippen molar-refractivity contribution in [3.8, 4) is 0 Å². The summed E-state index contributed by atoms with van der Waals surface area (Å²) in [5, 5.41) is 0. The maximum Gasteiger partial charge on any atom is 0.137 e. The third-order valence-corrected chi connectivity index (χ3v) is 3.66. The van der Waals surface area contributed by atoms with Crippen LogP contribution in [0.15, 0.2) is 48.5 Å². The van der Waals surface area contributed by atoms with Crippen molar-refractivity contribution in [3.05, 3.63) is 70.8 Å². The molecule has 0 aliphatic carbocycles. The summed E-state index contributed by atoms with van der Waals surface area (Å²) in [4.78, 5) is 12.1. The summed E-state index contributed by atoms with van der Waals surface area (Å²) in [5.41, 5.74) is 4.82. The first-order valence-electron chi connectivity index (χ1n) is 6.70. The molecule has 98 valence electrons. The maximum atomic E-state index is 12.1. The van der Waals surface area contributed by atoms with Gasteiger partial charge in [-0.3, -0.25) is 4.79 Å². The Morgan fingerprint density at radius 1 is 0.947 bits per heavy atom. The zero-order chi connectivity index (χ0) is 13.8. The third-order valence-electron chi connectivity index (χ3n) is 3.66. The van der Waals surface area contributed by atoms with E-state index in [1.807, 2.05) is 24.3 Å². The highest BCUT2D eigenvalue weighted by molar-refractivity contribution is 5.84. The number of ketones is 1. The molecule has 0 aromatic heterocycles. The van der Waals surface area contributed by atoms with Gasteiger partial charge in [0.15, 0.2) is 0 Å². The predicted molar refractivity (Wildman–Crippen MR) is 79.5 cm³/mol. The predicted octanol–water partition coefficient (Wildman–Crippen LogP) is 4.22. The molecule has 0 amide bonds. The van der Waals surface area contributed by atoms with Crippen LogP contribution in [0.1, 0.15) is 35.1 Å². The number of benzene rings is 2. The van der Waals surface area contributed by atoms with E-state index in [0.29, 0.717) is 0 Å². The molecule has 1 nitrogen and oxygen atoms in total. The van der Waals surface area contributed by atoms with Crippen molar-refractivity contribution in [1.29, 1.82) is 0 Å².